The van der Waals surface area contributed by atoms with Crippen LogP contribution >= 0.6 is 0 Å². The van der Waals surface area contributed by atoms with E-state index in [1.807, 2.05) is 6.07 Å². The van der Waals surface area contributed by atoms with E-state index < -0.39 is 5.82 Å². The summed E-state index contributed by atoms with van der Waals surface area (Å²) in [5, 5.41) is 10.9. The molecule has 0 bridgehead atoms. The molecule has 0 fully saturated rings. The third kappa shape index (κ3) is 2.27. The van der Waals surface area contributed by atoms with E-state index in [2.05, 4.69) is 15.5 Å². The van der Waals surface area contributed by atoms with Gasteiger partial charge in [-0.3, -0.25) is 10.2 Å². The van der Waals surface area contributed by atoms with Gasteiger partial charge in [-0.25, -0.2) is 8.78 Å². The number of aromatic nitrogens is 2. The molecule has 2 aromatic rings. The number of benzene rings is 2. The van der Waals surface area contributed by atoms with E-state index in [-0.39, 0.29) is 11.6 Å². The smallest absolute Gasteiger partial charge is 0.165 e. The number of aromatic amines is 2. The lowest BCUT2D eigenvalue weighted by molar-refractivity contribution is 0.387. The number of anilines is 1. The minimum Gasteiger partial charge on any atom is -0.494 e. The molecular formula is C18H15F2N3O. The van der Waals surface area contributed by atoms with Gasteiger partial charge in [-0.05, 0) is 29.7 Å². The van der Waals surface area contributed by atoms with Crippen LogP contribution < -0.4 is 10.1 Å². The molecule has 0 radical (unpaired) electrons. The summed E-state index contributed by atoms with van der Waals surface area (Å²) in [5.41, 5.74) is 2.30. The summed E-state index contributed by atoms with van der Waals surface area (Å²) >= 11 is 0. The minimum absolute atomic E-state index is 0.200. The molecule has 2 aliphatic rings. The molecule has 0 saturated heterocycles. The van der Waals surface area contributed by atoms with E-state index >= 15 is 0 Å². The standard InChI is InChI=1S/C18H15F2N3O/c1-24-16-8-12-11(7-15(16)20)6-13-17(12)22-23-18(13)21-9-10-4-2-3-5-14(10)19/h2-8,21-23H,9H2,1H3. The maximum Gasteiger partial charge on any atom is 0.165 e. The predicted octanol–water partition coefficient (Wildman–Crippen LogP) is 4.50. The second kappa shape index (κ2) is 5.56. The van der Waals surface area contributed by atoms with E-state index in [0.717, 1.165) is 27.8 Å². The SMILES string of the molecule is COc1cc2c3[nH][nH]c(NCc4ccccc4F)c-3cc2cc1F. The normalized spacial score (nSPS) is 11.3. The number of nitrogens with one attached hydrogen (secondary N) is 3. The molecule has 0 unspecified atom stereocenters. The molecule has 1 aliphatic heterocycles. The van der Waals surface area contributed by atoms with E-state index in [0.29, 0.717) is 12.1 Å². The second-order valence-electron chi connectivity index (χ2n) is 5.58. The van der Waals surface area contributed by atoms with Gasteiger partial charge in [0.15, 0.2) is 11.6 Å². The van der Waals surface area contributed by atoms with Crippen molar-refractivity contribution in [2.75, 3.05) is 12.4 Å². The molecule has 0 amide bonds. The third-order valence-corrected chi connectivity index (χ3v) is 4.16. The van der Waals surface area contributed by atoms with Crippen molar-refractivity contribution in [3.63, 3.8) is 0 Å². The topological polar surface area (TPSA) is 52.8 Å². The van der Waals surface area contributed by atoms with E-state index in [4.69, 9.17) is 4.74 Å². The Labute approximate surface area is 136 Å². The van der Waals surface area contributed by atoms with Gasteiger partial charge in [0.1, 0.15) is 11.6 Å². The molecular weight excluding hydrogens is 312 g/mol. The molecule has 6 heteroatoms. The van der Waals surface area contributed by atoms with Gasteiger partial charge in [0.25, 0.3) is 0 Å². The number of hydrogen-bond donors (Lipinski definition) is 3. The van der Waals surface area contributed by atoms with Gasteiger partial charge in [0.2, 0.25) is 0 Å². The highest BCUT2D eigenvalue weighted by atomic mass is 19.1. The van der Waals surface area contributed by atoms with Crippen LogP contribution in [0.5, 0.6) is 5.75 Å². The molecule has 4 nitrogen and oxygen atoms in total. The fraction of sp³-hybridized carbons (Fsp3) is 0.111. The van der Waals surface area contributed by atoms with E-state index in [9.17, 15) is 8.78 Å². The van der Waals surface area contributed by atoms with Crippen LogP contribution in [0.3, 0.4) is 0 Å². The summed E-state index contributed by atoms with van der Waals surface area (Å²) in [6.07, 6.45) is 0. The van der Waals surface area contributed by atoms with Gasteiger partial charge in [-0.1, -0.05) is 18.2 Å². The highest BCUT2D eigenvalue weighted by Crippen LogP contribution is 2.39. The predicted molar refractivity (Wildman–Crippen MR) is 89.5 cm³/mol. The number of methoxy groups -OCH3 is 1. The van der Waals surface area contributed by atoms with Crippen molar-refractivity contribution in [1.29, 1.82) is 0 Å². The Morgan fingerprint density at radius 3 is 2.67 bits per heavy atom. The number of halogens is 2. The lowest BCUT2D eigenvalue weighted by Crippen LogP contribution is -2.02. The van der Waals surface area contributed by atoms with Crippen LogP contribution in [0.2, 0.25) is 0 Å². The number of ether oxygens (including phenoxy) is 1. The molecule has 3 N–H and O–H groups in total. The number of H-pyrrole nitrogens is 2. The Morgan fingerprint density at radius 2 is 1.88 bits per heavy atom. The van der Waals surface area contributed by atoms with Crippen LogP contribution in [-0.4, -0.2) is 17.3 Å². The first-order chi connectivity index (χ1) is 11.7. The Hall–Kier alpha value is -3.02. The third-order valence-electron chi connectivity index (χ3n) is 4.16. The zero-order valence-electron chi connectivity index (χ0n) is 12.9. The maximum absolute atomic E-state index is 13.9. The van der Waals surface area contributed by atoms with Crippen molar-refractivity contribution in [2.45, 2.75) is 6.54 Å². The van der Waals surface area contributed by atoms with Crippen molar-refractivity contribution in [1.82, 2.24) is 10.2 Å². The largest absolute Gasteiger partial charge is 0.494 e. The van der Waals surface area contributed by atoms with Gasteiger partial charge in [0, 0.05) is 23.1 Å². The Bertz CT molecular complexity index is 989. The zero-order chi connectivity index (χ0) is 16.7. The Morgan fingerprint density at radius 1 is 1.04 bits per heavy atom. The van der Waals surface area contributed by atoms with Crippen molar-refractivity contribution in [3.05, 3.63) is 59.7 Å². The second-order valence-corrected chi connectivity index (χ2v) is 5.58. The molecule has 122 valence electrons. The average Bonchev–Trinajstić information content (AvgIpc) is 3.12. The molecule has 0 spiro atoms. The quantitative estimate of drug-likeness (QED) is 0.517. The first-order valence-electron chi connectivity index (χ1n) is 7.51. The van der Waals surface area contributed by atoms with E-state index in [1.54, 1.807) is 24.3 Å². The summed E-state index contributed by atoms with van der Waals surface area (Å²) in [5.74, 6) is 0.271. The van der Waals surface area contributed by atoms with Crippen LogP contribution in [-0.2, 0) is 6.54 Å². The van der Waals surface area contributed by atoms with Gasteiger partial charge in [-0.15, -0.1) is 0 Å². The lowest BCUT2D eigenvalue weighted by Gasteiger charge is -2.05. The molecule has 4 rings (SSSR count). The fourth-order valence-electron chi connectivity index (χ4n) is 2.92. The van der Waals surface area contributed by atoms with E-state index in [1.165, 1.54) is 19.2 Å². The summed E-state index contributed by atoms with van der Waals surface area (Å²) in [7, 11) is 1.44. The minimum atomic E-state index is -0.400. The van der Waals surface area contributed by atoms with Gasteiger partial charge < -0.3 is 10.1 Å². The van der Waals surface area contributed by atoms with Gasteiger partial charge >= 0.3 is 0 Å². The van der Waals surface area contributed by atoms with Crippen LogP contribution in [0.15, 0.2) is 42.5 Å². The summed E-state index contributed by atoms with van der Waals surface area (Å²) in [4.78, 5) is 0. The fourth-order valence-corrected chi connectivity index (χ4v) is 2.92. The first-order valence-corrected chi connectivity index (χ1v) is 7.51. The highest BCUT2D eigenvalue weighted by Gasteiger charge is 2.19. The van der Waals surface area contributed by atoms with Crippen molar-refractivity contribution in [3.8, 4) is 17.0 Å². The molecule has 0 atom stereocenters. The summed E-state index contributed by atoms with van der Waals surface area (Å²) < 4.78 is 32.6. The van der Waals surface area contributed by atoms with Crippen molar-refractivity contribution < 1.29 is 13.5 Å². The van der Waals surface area contributed by atoms with Crippen molar-refractivity contribution >= 4 is 16.6 Å². The average molecular weight is 327 g/mol. The van der Waals surface area contributed by atoms with Crippen LogP contribution in [0.4, 0.5) is 14.6 Å². The van der Waals surface area contributed by atoms with Crippen molar-refractivity contribution in [2.24, 2.45) is 0 Å². The summed E-state index contributed by atoms with van der Waals surface area (Å²) in [6.45, 7) is 0.343. The molecule has 24 heavy (non-hydrogen) atoms. The zero-order valence-corrected chi connectivity index (χ0v) is 12.9. The molecule has 0 aromatic heterocycles. The van der Waals surface area contributed by atoms with Crippen LogP contribution in [0, 0.1) is 11.6 Å². The molecule has 2 aromatic carbocycles. The first kappa shape index (κ1) is 14.6. The number of fused-ring (bicyclic) bond motifs is 3. The van der Waals surface area contributed by atoms with Crippen LogP contribution in [0.25, 0.3) is 22.0 Å². The summed E-state index contributed by atoms with van der Waals surface area (Å²) in [6, 6.07) is 11.6. The number of hydrogen-bond acceptors (Lipinski definition) is 2. The monoisotopic (exact) mass is 327 g/mol. The Kier molecular flexibility index (Phi) is 3.37. The highest BCUT2D eigenvalue weighted by molar-refractivity contribution is 6.04. The van der Waals surface area contributed by atoms with Gasteiger partial charge in [0.05, 0.1) is 12.8 Å². The van der Waals surface area contributed by atoms with Crippen LogP contribution in [0.1, 0.15) is 5.56 Å². The molecule has 1 heterocycles. The lowest BCUT2D eigenvalue weighted by atomic mass is 10.2. The van der Waals surface area contributed by atoms with Gasteiger partial charge in [-0.2, -0.15) is 0 Å². The molecule has 0 saturated carbocycles. The Balaban J connectivity index is 1.68. The number of rotatable bonds is 4. The molecule has 1 aliphatic carbocycles. The maximum atomic E-state index is 13.9.